The highest BCUT2D eigenvalue weighted by Gasteiger charge is 2.46. The first-order chi connectivity index (χ1) is 14.5. The van der Waals surface area contributed by atoms with E-state index in [1.807, 2.05) is 31.2 Å². The van der Waals surface area contributed by atoms with Crippen LogP contribution in [-0.2, 0) is 4.79 Å². The third-order valence-corrected chi connectivity index (χ3v) is 6.57. The number of nitrogens with zero attached hydrogens (tertiary/aromatic N) is 3. The Kier molecular flexibility index (Phi) is 5.56. The second-order valence-corrected chi connectivity index (χ2v) is 8.73. The first-order valence-corrected chi connectivity index (χ1v) is 10.8. The lowest BCUT2D eigenvalue weighted by molar-refractivity contribution is -0.117. The van der Waals surface area contributed by atoms with Crippen molar-refractivity contribution in [2.45, 2.75) is 17.3 Å². The van der Waals surface area contributed by atoms with Crippen molar-refractivity contribution in [1.82, 2.24) is 10.2 Å². The van der Waals surface area contributed by atoms with Gasteiger partial charge in [-0.2, -0.15) is 0 Å². The molecule has 30 heavy (non-hydrogen) atoms. The molecule has 152 valence electrons. The second kappa shape index (κ2) is 8.29. The predicted molar refractivity (Wildman–Crippen MR) is 115 cm³/mol. The minimum absolute atomic E-state index is 0.0443. The Morgan fingerprint density at radius 3 is 2.77 bits per heavy atom. The molecule has 2 aromatic heterocycles. The van der Waals surface area contributed by atoms with E-state index in [0.29, 0.717) is 20.8 Å². The molecular formula is C21H17N3O4S2. The van der Waals surface area contributed by atoms with Gasteiger partial charge >= 0.3 is 0 Å². The number of carbonyl (C=O) groups is 2. The topological polar surface area (TPSA) is 96.5 Å². The number of hydrogen-bond acceptors (Lipinski definition) is 8. The van der Waals surface area contributed by atoms with E-state index in [1.165, 1.54) is 40.3 Å². The maximum atomic E-state index is 13.1. The minimum Gasteiger partial charge on any atom is -0.503 e. The van der Waals surface area contributed by atoms with Gasteiger partial charge in [0.15, 0.2) is 15.9 Å². The van der Waals surface area contributed by atoms with Crippen LogP contribution < -0.4 is 4.90 Å². The van der Waals surface area contributed by atoms with Crippen molar-refractivity contribution in [2.75, 3.05) is 10.7 Å². The van der Waals surface area contributed by atoms with Crippen LogP contribution in [0.1, 0.15) is 27.7 Å². The Hall–Kier alpha value is -3.17. The highest BCUT2D eigenvalue weighted by Crippen LogP contribution is 2.43. The summed E-state index contributed by atoms with van der Waals surface area (Å²) < 4.78 is 5.88. The molecular weight excluding hydrogens is 422 g/mol. The number of aliphatic hydroxyl groups excluding tert-OH is 1. The first kappa shape index (κ1) is 20.1. The van der Waals surface area contributed by atoms with Crippen LogP contribution in [0.15, 0.2) is 75.4 Å². The molecule has 0 saturated carbocycles. The molecule has 1 unspecified atom stereocenters. The summed E-state index contributed by atoms with van der Waals surface area (Å²) in [5, 5.41) is 19.2. The van der Waals surface area contributed by atoms with Gasteiger partial charge in [-0.25, -0.2) is 0 Å². The molecule has 1 aliphatic rings. The smallest absolute Gasteiger partial charge is 0.296 e. The van der Waals surface area contributed by atoms with E-state index in [2.05, 4.69) is 16.8 Å². The van der Waals surface area contributed by atoms with E-state index in [9.17, 15) is 14.7 Å². The fourth-order valence-electron chi connectivity index (χ4n) is 3.13. The third-order valence-electron chi connectivity index (χ3n) is 4.52. The van der Waals surface area contributed by atoms with E-state index in [4.69, 9.17) is 4.42 Å². The van der Waals surface area contributed by atoms with E-state index >= 15 is 0 Å². The fraction of sp³-hybridized carbons (Fsp3) is 0.143. The average molecular weight is 440 g/mol. The van der Waals surface area contributed by atoms with Crippen LogP contribution in [0, 0.1) is 6.92 Å². The number of Topliss-reactive ketones (excluding diaryl/α,β-unsaturated/α-hetero) is 1. The molecule has 0 fully saturated rings. The molecule has 0 bridgehead atoms. The van der Waals surface area contributed by atoms with Crippen LogP contribution >= 0.6 is 23.1 Å². The summed E-state index contributed by atoms with van der Waals surface area (Å²) in [6, 6.07) is 9.64. The van der Waals surface area contributed by atoms with Gasteiger partial charge in [0.1, 0.15) is 0 Å². The molecule has 1 aliphatic heterocycles. The van der Waals surface area contributed by atoms with E-state index in [0.717, 1.165) is 5.56 Å². The number of amides is 1. The number of rotatable bonds is 7. The number of aliphatic hydroxyl groups is 1. The van der Waals surface area contributed by atoms with Gasteiger partial charge in [-0.1, -0.05) is 59.0 Å². The molecule has 9 heteroatoms. The quantitative estimate of drug-likeness (QED) is 0.251. The molecule has 3 heterocycles. The Morgan fingerprint density at radius 2 is 2.10 bits per heavy atom. The summed E-state index contributed by atoms with van der Waals surface area (Å²) in [6.07, 6.45) is 3.11. The van der Waals surface area contributed by atoms with Gasteiger partial charge < -0.3 is 9.52 Å². The maximum Gasteiger partial charge on any atom is 0.296 e. The summed E-state index contributed by atoms with van der Waals surface area (Å²) in [5.74, 6) is -1.17. The van der Waals surface area contributed by atoms with Crippen molar-refractivity contribution in [3.05, 3.63) is 83.5 Å². The Bertz CT molecular complexity index is 1130. The Morgan fingerprint density at radius 1 is 1.33 bits per heavy atom. The predicted octanol–water partition coefficient (Wildman–Crippen LogP) is 4.50. The van der Waals surface area contributed by atoms with Gasteiger partial charge in [-0.15, -0.1) is 16.8 Å². The van der Waals surface area contributed by atoms with Gasteiger partial charge in [0, 0.05) is 5.75 Å². The SMILES string of the molecule is C=CCSc1nnc(N2C(=O)C(O)=C(C(=O)c3ccco3)C2c2ccc(C)cc2)s1. The molecule has 7 nitrogen and oxygen atoms in total. The highest BCUT2D eigenvalue weighted by molar-refractivity contribution is 8.01. The van der Waals surface area contributed by atoms with E-state index in [-0.39, 0.29) is 11.3 Å². The van der Waals surface area contributed by atoms with Crippen LogP contribution in [0.3, 0.4) is 0 Å². The van der Waals surface area contributed by atoms with Crippen molar-refractivity contribution in [2.24, 2.45) is 0 Å². The van der Waals surface area contributed by atoms with Crippen molar-refractivity contribution in [1.29, 1.82) is 0 Å². The molecule has 1 atom stereocenters. The van der Waals surface area contributed by atoms with Crippen LogP contribution in [-0.4, -0.2) is 32.7 Å². The van der Waals surface area contributed by atoms with Crippen LogP contribution in [0.25, 0.3) is 0 Å². The Labute approximate surface area is 180 Å². The molecule has 0 spiro atoms. The zero-order valence-corrected chi connectivity index (χ0v) is 17.6. The van der Waals surface area contributed by atoms with Crippen LogP contribution in [0.5, 0.6) is 0 Å². The van der Waals surface area contributed by atoms with Gasteiger partial charge in [0.25, 0.3) is 5.91 Å². The van der Waals surface area contributed by atoms with Crippen LogP contribution in [0.4, 0.5) is 5.13 Å². The number of furan rings is 1. The van der Waals surface area contributed by atoms with Gasteiger partial charge in [-0.3, -0.25) is 14.5 Å². The second-order valence-electron chi connectivity index (χ2n) is 6.51. The summed E-state index contributed by atoms with van der Waals surface area (Å²) in [6.45, 7) is 5.62. The molecule has 0 radical (unpaired) electrons. The monoisotopic (exact) mass is 439 g/mol. The zero-order valence-electron chi connectivity index (χ0n) is 15.9. The van der Waals surface area contributed by atoms with Crippen LogP contribution in [0.2, 0.25) is 0 Å². The average Bonchev–Trinajstić information content (AvgIpc) is 3.48. The number of benzene rings is 1. The third kappa shape index (κ3) is 3.57. The molecule has 0 saturated heterocycles. The normalized spacial score (nSPS) is 16.4. The molecule has 0 aliphatic carbocycles. The summed E-state index contributed by atoms with van der Waals surface area (Å²) >= 11 is 2.65. The molecule has 3 aromatic rings. The maximum absolute atomic E-state index is 13.1. The minimum atomic E-state index is -0.846. The number of anilines is 1. The van der Waals surface area contributed by atoms with Crippen molar-refractivity contribution >= 4 is 39.9 Å². The number of ketones is 1. The number of carbonyl (C=O) groups excluding carboxylic acids is 2. The Balaban J connectivity index is 1.80. The number of thioether (sulfide) groups is 1. The first-order valence-electron chi connectivity index (χ1n) is 9.00. The molecule has 1 N–H and O–H groups in total. The summed E-state index contributed by atoms with van der Waals surface area (Å²) in [5.41, 5.74) is 1.65. The lowest BCUT2D eigenvalue weighted by Gasteiger charge is -2.23. The standard InChI is InChI=1S/C21H17N3O4S2/c1-3-11-29-21-23-22-20(30-21)24-16(13-8-6-12(2)7-9-13)15(18(26)19(24)27)17(25)14-5-4-10-28-14/h3-10,16,26H,1,11H2,2H3. The lowest BCUT2D eigenvalue weighted by atomic mass is 9.95. The number of aromatic nitrogens is 2. The van der Waals surface area contributed by atoms with Gasteiger partial charge in [-0.05, 0) is 24.6 Å². The molecule has 1 aromatic carbocycles. The largest absolute Gasteiger partial charge is 0.503 e. The van der Waals surface area contributed by atoms with Gasteiger partial charge in [0.05, 0.1) is 17.9 Å². The fourth-order valence-corrected chi connectivity index (χ4v) is 4.76. The summed E-state index contributed by atoms with van der Waals surface area (Å²) in [7, 11) is 0. The molecule has 1 amide bonds. The van der Waals surface area contributed by atoms with E-state index in [1.54, 1.807) is 12.1 Å². The molecule has 4 rings (SSSR count). The van der Waals surface area contributed by atoms with E-state index < -0.39 is 23.5 Å². The zero-order chi connectivity index (χ0) is 21.3. The highest BCUT2D eigenvalue weighted by atomic mass is 32.2. The number of aryl methyl sites for hydroxylation is 1. The van der Waals surface area contributed by atoms with Gasteiger partial charge in [0.2, 0.25) is 10.9 Å². The van der Waals surface area contributed by atoms with Crippen molar-refractivity contribution < 1.29 is 19.1 Å². The van der Waals surface area contributed by atoms with Crippen molar-refractivity contribution in [3.8, 4) is 0 Å². The lowest BCUT2D eigenvalue weighted by Crippen LogP contribution is -2.31. The van der Waals surface area contributed by atoms with Crippen molar-refractivity contribution in [3.63, 3.8) is 0 Å². The summed E-state index contributed by atoms with van der Waals surface area (Å²) in [4.78, 5) is 27.4. The number of hydrogen-bond donors (Lipinski definition) is 1.